The summed E-state index contributed by atoms with van der Waals surface area (Å²) in [4.78, 5) is 13.5. The second-order valence-corrected chi connectivity index (χ2v) is 8.91. The van der Waals surface area contributed by atoms with Gasteiger partial charge in [0.15, 0.2) is 5.11 Å². The van der Waals surface area contributed by atoms with Gasteiger partial charge in [0.25, 0.3) is 0 Å². The van der Waals surface area contributed by atoms with E-state index in [1.165, 1.54) is 11.8 Å². The lowest BCUT2D eigenvalue weighted by molar-refractivity contribution is -0.115. The average molecular weight is 456 g/mol. The monoisotopic (exact) mass is 455 g/mol. The molecular weight excluding hydrogens is 434 g/mol. The number of benzene rings is 3. The van der Waals surface area contributed by atoms with E-state index in [1.54, 1.807) is 6.07 Å². The Balaban J connectivity index is 1.52. The zero-order valence-electron chi connectivity index (χ0n) is 16.6. The van der Waals surface area contributed by atoms with Gasteiger partial charge in [-0.25, -0.2) is 0 Å². The lowest BCUT2D eigenvalue weighted by Gasteiger charge is -2.14. The fourth-order valence-electron chi connectivity index (χ4n) is 2.60. The smallest absolute Gasteiger partial charge is 0.237 e. The molecule has 0 aliphatic rings. The maximum atomic E-state index is 12.5. The summed E-state index contributed by atoms with van der Waals surface area (Å²) in [6.07, 6.45) is 0. The lowest BCUT2D eigenvalue weighted by Crippen LogP contribution is -2.22. The number of hydrogen-bond acceptors (Lipinski definition) is 3. The number of rotatable bonds is 6. The summed E-state index contributed by atoms with van der Waals surface area (Å²) >= 11 is 13.0. The Morgan fingerprint density at radius 3 is 2.13 bits per heavy atom. The Kier molecular flexibility index (Phi) is 7.74. The summed E-state index contributed by atoms with van der Waals surface area (Å²) in [6, 6.07) is 23.0. The molecule has 7 heteroatoms. The third kappa shape index (κ3) is 6.49. The summed E-state index contributed by atoms with van der Waals surface area (Å²) in [5, 5.41) is 10.1. The van der Waals surface area contributed by atoms with E-state index in [1.807, 2.05) is 80.6 Å². The molecule has 0 heterocycles. The molecule has 3 rings (SSSR count). The van der Waals surface area contributed by atoms with E-state index in [4.69, 9.17) is 23.8 Å². The van der Waals surface area contributed by atoms with Crippen LogP contribution in [0.3, 0.4) is 0 Å². The molecule has 0 aliphatic heterocycles. The second kappa shape index (κ2) is 10.5. The highest BCUT2D eigenvalue weighted by atomic mass is 35.5. The van der Waals surface area contributed by atoms with Crippen molar-refractivity contribution in [1.29, 1.82) is 0 Å². The highest BCUT2D eigenvalue weighted by Gasteiger charge is 2.15. The zero-order chi connectivity index (χ0) is 21.5. The topological polar surface area (TPSA) is 53.2 Å². The molecule has 154 valence electrons. The molecule has 3 aromatic rings. The maximum Gasteiger partial charge on any atom is 0.237 e. The highest BCUT2D eigenvalue weighted by Crippen LogP contribution is 2.26. The number of thioether (sulfide) groups is 1. The van der Waals surface area contributed by atoms with E-state index in [0.29, 0.717) is 15.8 Å². The van der Waals surface area contributed by atoms with Crippen LogP contribution in [0.1, 0.15) is 12.5 Å². The summed E-state index contributed by atoms with van der Waals surface area (Å²) < 4.78 is 0. The molecule has 0 aromatic heterocycles. The minimum Gasteiger partial charge on any atom is -0.332 e. The minimum atomic E-state index is -0.260. The summed E-state index contributed by atoms with van der Waals surface area (Å²) in [5.74, 6) is -0.0737. The number of halogens is 1. The van der Waals surface area contributed by atoms with Gasteiger partial charge in [0, 0.05) is 27.0 Å². The number of anilines is 3. The van der Waals surface area contributed by atoms with Gasteiger partial charge in [0.05, 0.1) is 5.25 Å². The molecule has 0 fully saturated rings. The van der Waals surface area contributed by atoms with Crippen LogP contribution >= 0.6 is 35.6 Å². The Hall–Kier alpha value is -2.54. The molecule has 1 unspecified atom stereocenters. The molecule has 3 aromatic carbocycles. The highest BCUT2D eigenvalue weighted by molar-refractivity contribution is 8.00. The van der Waals surface area contributed by atoms with Crippen LogP contribution in [0.15, 0.2) is 77.7 Å². The minimum absolute atomic E-state index is 0.0737. The van der Waals surface area contributed by atoms with Crippen LogP contribution in [-0.4, -0.2) is 16.3 Å². The Morgan fingerprint density at radius 1 is 0.900 bits per heavy atom. The van der Waals surface area contributed by atoms with Crippen LogP contribution in [-0.2, 0) is 4.79 Å². The van der Waals surface area contributed by atoms with E-state index in [2.05, 4.69) is 16.0 Å². The maximum absolute atomic E-state index is 12.5. The number of nitrogens with one attached hydrogen (secondary N) is 3. The molecule has 3 N–H and O–H groups in total. The van der Waals surface area contributed by atoms with Crippen molar-refractivity contribution in [2.75, 3.05) is 16.0 Å². The number of carbonyl (C=O) groups is 1. The van der Waals surface area contributed by atoms with Gasteiger partial charge in [0.2, 0.25) is 5.91 Å². The van der Waals surface area contributed by atoms with Crippen molar-refractivity contribution >= 4 is 63.7 Å². The number of hydrogen-bond donors (Lipinski definition) is 3. The molecule has 0 saturated carbocycles. The summed E-state index contributed by atoms with van der Waals surface area (Å²) in [5.41, 5.74) is 3.47. The molecular formula is C23H22ClN3OS2. The number of carbonyl (C=O) groups excluding carboxylic acids is 1. The Bertz CT molecular complexity index is 1030. The number of para-hydroxylation sites is 1. The molecule has 0 aliphatic carbocycles. The van der Waals surface area contributed by atoms with Gasteiger partial charge in [-0.3, -0.25) is 4.79 Å². The predicted molar refractivity (Wildman–Crippen MR) is 133 cm³/mol. The summed E-state index contributed by atoms with van der Waals surface area (Å²) in [6.45, 7) is 3.80. The van der Waals surface area contributed by atoms with Gasteiger partial charge in [-0.2, -0.15) is 0 Å². The first kappa shape index (κ1) is 22.2. The van der Waals surface area contributed by atoms with Crippen molar-refractivity contribution in [2.45, 2.75) is 24.0 Å². The Morgan fingerprint density at radius 2 is 1.50 bits per heavy atom. The SMILES string of the molecule is Cc1ccc(NC(=O)C(C)Sc2ccc(NC(=S)Nc3ccccc3)cc2)cc1Cl. The van der Waals surface area contributed by atoms with E-state index in [0.717, 1.165) is 21.8 Å². The first-order chi connectivity index (χ1) is 14.4. The van der Waals surface area contributed by atoms with E-state index >= 15 is 0 Å². The van der Waals surface area contributed by atoms with Crippen LogP contribution in [0.2, 0.25) is 5.02 Å². The van der Waals surface area contributed by atoms with Crippen LogP contribution in [0, 0.1) is 6.92 Å². The van der Waals surface area contributed by atoms with Crippen LogP contribution in [0.25, 0.3) is 0 Å². The standard InChI is InChI=1S/C23H22ClN3OS2/c1-15-8-9-19(14-21(15)24)25-22(28)16(2)30-20-12-10-18(11-13-20)27-23(29)26-17-6-4-3-5-7-17/h3-14,16H,1-2H3,(H,25,28)(H2,26,27,29). The van der Waals surface area contributed by atoms with Crippen LogP contribution in [0.4, 0.5) is 17.1 Å². The normalized spacial score (nSPS) is 11.4. The van der Waals surface area contributed by atoms with Gasteiger partial charge in [-0.15, -0.1) is 11.8 Å². The van der Waals surface area contributed by atoms with Crippen LogP contribution < -0.4 is 16.0 Å². The van der Waals surface area contributed by atoms with Crippen molar-refractivity contribution < 1.29 is 4.79 Å². The van der Waals surface area contributed by atoms with Gasteiger partial charge < -0.3 is 16.0 Å². The van der Waals surface area contributed by atoms with E-state index in [-0.39, 0.29) is 11.2 Å². The molecule has 1 atom stereocenters. The largest absolute Gasteiger partial charge is 0.332 e. The quantitative estimate of drug-likeness (QED) is 0.289. The molecule has 0 spiro atoms. The Labute approximate surface area is 191 Å². The first-order valence-electron chi connectivity index (χ1n) is 9.37. The average Bonchev–Trinajstić information content (AvgIpc) is 2.73. The van der Waals surface area contributed by atoms with Crippen LogP contribution in [0.5, 0.6) is 0 Å². The number of amides is 1. The molecule has 4 nitrogen and oxygen atoms in total. The van der Waals surface area contributed by atoms with Crippen molar-refractivity contribution in [3.05, 3.63) is 83.4 Å². The van der Waals surface area contributed by atoms with E-state index in [9.17, 15) is 4.79 Å². The van der Waals surface area contributed by atoms with Gasteiger partial charge in [-0.05, 0) is 80.2 Å². The van der Waals surface area contributed by atoms with Crippen molar-refractivity contribution in [1.82, 2.24) is 0 Å². The molecule has 0 bridgehead atoms. The molecule has 0 radical (unpaired) electrons. The number of thiocarbonyl (C=S) groups is 1. The fraction of sp³-hybridized carbons (Fsp3) is 0.130. The third-order valence-electron chi connectivity index (χ3n) is 4.27. The molecule has 1 amide bonds. The lowest BCUT2D eigenvalue weighted by atomic mass is 10.2. The van der Waals surface area contributed by atoms with Gasteiger partial charge in [0.1, 0.15) is 0 Å². The molecule has 30 heavy (non-hydrogen) atoms. The van der Waals surface area contributed by atoms with Gasteiger partial charge in [-0.1, -0.05) is 35.9 Å². The zero-order valence-corrected chi connectivity index (χ0v) is 19.0. The third-order valence-corrected chi connectivity index (χ3v) is 5.99. The number of aryl methyl sites for hydroxylation is 1. The van der Waals surface area contributed by atoms with Crippen molar-refractivity contribution in [2.24, 2.45) is 0 Å². The fourth-order valence-corrected chi connectivity index (χ4v) is 3.89. The second-order valence-electron chi connectivity index (χ2n) is 6.68. The van der Waals surface area contributed by atoms with Crippen molar-refractivity contribution in [3.63, 3.8) is 0 Å². The molecule has 0 saturated heterocycles. The summed E-state index contributed by atoms with van der Waals surface area (Å²) in [7, 11) is 0. The predicted octanol–water partition coefficient (Wildman–Crippen LogP) is 6.58. The van der Waals surface area contributed by atoms with Crippen molar-refractivity contribution in [3.8, 4) is 0 Å². The van der Waals surface area contributed by atoms with E-state index < -0.39 is 0 Å². The van der Waals surface area contributed by atoms with Gasteiger partial charge >= 0.3 is 0 Å². The first-order valence-corrected chi connectivity index (χ1v) is 11.0.